The van der Waals surface area contributed by atoms with Crippen LogP contribution in [0.25, 0.3) is 22.3 Å². The molecular formula is C26H24N2O4. The maximum atomic E-state index is 13.2. The van der Waals surface area contributed by atoms with Crippen LogP contribution in [0.15, 0.2) is 63.8 Å². The fourth-order valence-corrected chi connectivity index (χ4v) is 3.90. The largest absolute Gasteiger partial charge is 0.476 e. The molecule has 1 unspecified atom stereocenters. The molecule has 0 radical (unpaired) electrons. The maximum absolute atomic E-state index is 13.2. The average molecular weight is 428 g/mol. The highest BCUT2D eigenvalue weighted by Crippen LogP contribution is 2.32. The van der Waals surface area contributed by atoms with Crippen molar-refractivity contribution in [3.8, 4) is 11.3 Å². The minimum Gasteiger partial charge on any atom is -0.476 e. The lowest BCUT2D eigenvalue weighted by Crippen LogP contribution is -2.15. The number of rotatable bonds is 5. The summed E-state index contributed by atoms with van der Waals surface area (Å²) in [7, 11) is 0. The van der Waals surface area contributed by atoms with E-state index in [0.717, 1.165) is 16.7 Å². The van der Waals surface area contributed by atoms with Crippen molar-refractivity contribution in [3.63, 3.8) is 0 Å². The number of carboxylic acid groups (broad SMARTS) is 1. The average Bonchev–Trinajstić information content (AvgIpc) is 2.77. The third-order valence-corrected chi connectivity index (χ3v) is 5.50. The number of anilines is 1. The van der Waals surface area contributed by atoms with Gasteiger partial charge in [-0.1, -0.05) is 36.4 Å². The predicted molar refractivity (Wildman–Crippen MR) is 125 cm³/mol. The molecule has 0 bridgehead atoms. The molecule has 0 aliphatic heterocycles. The van der Waals surface area contributed by atoms with Gasteiger partial charge in [-0.05, 0) is 51.5 Å². The van der Waals surface area contributed by atoms with E-state index in [9.17, 15) is 14.7 Å². The summed E-state index contributed by atoms with van der Waals surface area (Å²) in [5.41, 5.74) is 4.46. The minimum absolute atomic E-state index is 0.0453. The first-order valence-corrected chi connectivity index (χ1v) is 10.4. The van der Waals surface area contributed by atoms with E-state index in [0.29, 0.717) is 33.7 Å². The normalized spacial score (nSPS) is 12.0. The Labute approximate surface area is 185 Å². The van der Waals surface area contributed by atoms with Crippen LogP contribution in [0, 0.1) is 20.8 Å². The van der Waals surface area contributed by atoms with Gasteiger partial charge in [0.25, 0.3) is 0 Å². The zero-order valence-corrected chi connectivity index (χ0v) is 18.4. The molecule has 0 saturated carbocycles. The van der Waals surface area contributed by atoms with Crippen molar-refractivity contribution in [1.82, 2.24) is 4.98 Å². The van der Waals surface area contributed by atoms with Gasteiger partial charge in [0.15, 0.2) is 11.1 Å². The molecule has 1 atom stereocenters. The molecule has 0 aliphatic rings. The summed E-state index contributed by atoms with van der Waals surface area (Å²) in [6, 6.07) is 16.4. The van der Waals surface area contributed by atoms with Crippen LogP contribution in [0.5, 0.6) is 0 Å². The summed E-state index contributed by atoms with van der Waals surface area (Å²) in [5, 5.41) is 13.3. The molecule has 2 N–H and O–H groups in total. The quantitative estimate of drug-likeness (QED) is 0.427. The number of nitrogens with zero attached hydrogens (tertiary/aromatic N) is 1. The lowest BCUT2D eigenvalue weighted by Gasteiger charge is -2.19. The van der Waals surface area contributed by atoms with Gasteiger partial charge in [-0.3, -0.25) is 4.79 Å². The number of carboxylic acids is 1. The first-order valence-electron chi connectivity index (χ1n) is 10.4. The predicted octanol–water partition coefficient (Wildman–Crippen LogP) is 5.65. The first kappa shape index (κ1) is 21.3. The van der Waals surface area contributed by atoms with E-state index in [4.69, 9.17) is 4.42 Å². The smallest absolute Gasteiger partial charge is 0.356 e. The summed E-state index contributed by atoms with van der Waals surface area (Å²) in [6.45, 7) is 7.34. The third-order valence-electron chi connectivity index (χ3n) is 5.50. The molecule has 0 spiro atoms. The van der Waals surface area contributed by atoms with Gasteiger partial charge in [0.2, 0.25) is 0 Å². The summed E-state index contributed by atoms with van der Waals surface area (Å²) in [5.74, 6) is -0.574. The van der Waals surface area contributed by atoms with Crippen molar-refractivity contribution in [1.29, 1.82) is 0 Å². The fraction of sp³-hybridized carbons (Fsp3) is 0.192. The molecule has 4 aromatic rings. The number of nitrogens with one attached hydrogen (secondary N) is 1. The topological polar surface area (TPSA) is 92.4 Å². The SMILES string of the molecule is Cc1cc(C(C)Nc2ccc(C)nc2C(=O)O)c2oc(-c3ccccc3)c(C)c(=O)c2c1. The van der Waals surface area contributed by atoms with Crippen LogP contribution in [0.3, 0.4) is 0 Å². The number of carbonyl (C=O) groups is 1. The summed E-state index contributed by atoms with van der Waals surface area (Å²) < 4.78 is 6.33. The molecule has 0 amide bonds. The van der Waals surface area contributed by atoms with E-state index >= 15 is 0 Å². The molecular weight excluding hydrogens is 404 g/mol. The van der Waals surface area contributed by atoms with E-state index in [1.54, 1.807) is 26.0 Å². The summed E-state index contributed by atoms with van der Waals surface area (Å²) in [4.78, 5) is 29.0. The molecule has 2 heterocycles. The molecule has 2 aromatic carbocycles. The van der Waals surface area contributed by atoms with E-state index in [2.05, 4.69) is 10.3 Å². The summed E-state index contributed by atoms with van der Waals surface area (Å²) in [6.07, 6.45) is 0. The number of aryl methyl sites for hydroxylation is 2. The fourth-order valence-electron chi connectivity index (χ4n) is 3.90. The number of pyridine rings is 1. The van der Waals surface area contributed by atoms with Crippen molar-refractivity contribution in [2.45, 2.75) is 33.7 Å². The zero-order valence-electron chi connectivity index (χ0n) is 18.4. The highest BCUT2D eigenvalue weighted by Gasteiger charge is 2.20. The first-order chi connectivity index (χ1) is 15.3. The Morgan fingerprint density at radius 1 is 1.06 bits per heavy atom. The second-order valence-corrected chi connectivity index (χ2v) is 8.00. The van der Waals surface area contributed by atoms with Gasteiger partial charge in [-0.2, -0.15) is 0 Å². The van der Waals surface area contributed by atoms with Gasteiger partial charge in [0.1, 0.15) is 11.3 Å². The van der Waals surface area contributed by atoms with Crippen molar-refractivity contribution in [2.75, 3.05) is 5.32 Å². The Hall–Kier alpha value is -3.93. The Morgan fingerprint density at radius 2 is 1.78 bits per heavy atom. The Morgan fingerprint density at radius 3 is 2.47 bits per heavy atom. The maximum Gasteiger partial charge on any atom is 0.356 e. The molecule has 0 aliphatic carbocycles. The van der Waals surface area contributed by atoms with Crippen LogP contribution >= 0.6 is 0 Å². The van der Waals surface area contributed by atoms with Crippen molar-refractivity contribution in [3.05, 3.63) is 92.9 Å². The monoisotopic (exact) mass is 428 g/mol. The minimum atomic E-state index is -1.11. The van der Waals surface area contributed by atoms with E-state index < -0.39 is 5.97 Å². The van der Waals surface area contributed by atoms with E-state index in [-0.39, 0.29) is 17.2 Å². The van der Waals surface area contributed by atoms with Gasteiger partial charge >= 0.3 is 5.97 Å². The Kier molecular flexibility index (Phi) is 5.53. The Bertz CT molecular complexity index is 1390. The van der Waals surface area contributed by atoms with Crippen molar-refractivity contribution < 1.29 is 14.3 Å². The molecule has 2 aromatic heterocycles. The highest BCUT2D eigenvalue weighted by molar-refractivity contribution is 5.92. The molecule has 0 fully saturated rings. The zero-order chi connectivity index (χ0) is 23.0. The van der Waals surface area contributed by atoms with Crippen LogP contribution in [0.1, 0.15) is 45.8 Å². The van der Waals surface area contributed by atoms with Crippen LogP contribution in [-0.4, -0.2) is 16.1 Å². The van der Waals surface area contributed by atoms with Crippen molar-refractivity contribution >= 4 is 22.6 Å². The molecule has 162 valence electrons. The Balaban J connectivity index is 1.88. The number of hydrogen-bond acceptors (Lipinski definition) is 5. The molecule has 6 heteroatoms. The van der Waals surface area contributed by atoms with Crippen LogP contribution < -0.4 is 10.7 Å². The lowest BCUT2D eigenvalue weighted by atomic mass is 9.98. The molecule has 32 heavy (non-hydrogen) atoms. The van der Waals surface area contributed by atoms with Crippen LogP contribution in [-0.2, 0) is 0 Å². The molecule has 6 nitrogen and oxygen atoms in total. The number of aromatic nitrogens is 1. The summed E-state index contributed by atoms with van der Waals surface area (Å²) >= 11 is 0. The molecule has 4 rings (SSSR count). The number of aromatic carboxylic acids is 1. The van der Waals surface area contributed by atoms with Gasteiger partial charge in [0.05, 0.1) is 17.1 Å². The van der Waals surface area contributed by atoms with Gasteiger partial charge in [-0.25, -0.2) is 9.78 Å². The van der Waals surface area contributed by atoms with Crippen LogP contribution in [0.2, 0.25) is 0 Å². The van der Waals surface area contributed by atoms with Gasteiger partial charge < -0.3 is 14.8 Å². The number of benzene rings is 2. The lowest BCUT2D eigenvalue weighted by molar-refractivity contribution is 0.0691. The van der Waals surface area contributed by atoms with Gasteiger partial charge in [0, 0.05) is 22.4 Å². The second-order valence-electron chi connectivity index (χ2n) is 8.00. The van der Waals surface area contributed by atoms with E-state index in [1.165, 1.54) is 0 Å². The highest BCUT2D eigenvalue weighted by atomic mass is 16.4. The number of fused-ring (bicyclic) bond motifs is 1. The molecule has 0 saturated heterocycles. The second kappa shape index (κ2) is 8.30. The number of hydrogen-bond donors (Lipinski definition) is 2. The van der Waals surface area contributed by atoms with Crippen LogP contribution in [0.4, 0.5) is 5.69 Å². The van der Waals surface area contributed by atoms with E-state index in [1.807, 2.05) is 56.3 Å². The van der Waals surface area contributed by atoms with Gasteiger partial charge in [-0.15, -0.1) is 0 Å². The van der Waals surface area contributed by atoms with Crippen molar-refractivity contribution in [2.24, 2.45) is 0 Å². The third kappa shape index (κ3) is 3.87. The standard InChI is InChI=1S/C26H24N2O4/c1-14-12-19(17(4)28-21-11-10-15(2)27-22(21)26(30)31)25-20(13-14)23(29)16(3)24(32-25)18-8-6-5-7-9-18/h5-13,17,28H,1-4H3,(H,30,31).